The number of amides is 2. The van der Waals surface area contributed by atoms with Crippen LogP contribution in [0.5, 0.6) is 0 Å². The Balaban J connectivity index is 1.41. The maximum atomic E-state index is 12.0. The lowest BCUT2D eigenvalue weighted by molar-refractivity contribution is -0.121. The van der Waals surface area contributed by atoms with Gasteiger partial charge in [-0.25, -0.2) is 4.79 Å². The zero-order valence-corrected chi connectivity index (χ0v) is 15.1. The number of nitrogens with one attached hydrogen (secondary N) is 1. The summed E-state index contributed by atoms with van der Waals surface area (Å²) in [6.07, 6.45) is 1.51. The molecule has 6 heteroatoms. The van der Waals surface area contributed by atoms with Crippen LogP contribution in [0.2, 0.25) is 0 Å². The summed E-state index contributed by atoms with van der Waals surface area (Å²) in [5.74, 6) is -0.0230. The van der Waals surface area contributed by atoms with E-state index in [0.717, 1.165) is 17.0 Å². The van der Waals surface area contributed by atoms with Crippen LogP contribution in [-0.4, -0.2) is 31.2 Å². The zero-order valence-electron chi connectivity index (χ0n) is 14.2. The fourth-order valence-electron chi connectivity index (χ4n) is 2.75. The molecule has 5 nitrogen and oxygen atoms in total. The number of rotatable bonds is 7. The van der Waals surface area contributed by atoms with Crippen molar-refractivity contribution in [1.29, 1.82) is 0 Å². The fraction of sp³-hybridized carbons (Fsp3) is 0.368. The normalized spacial score (nSPS) is 16.8. The topological polar surface area (TPSA) is 58.6 Å². The molecule has 2 amide bonds. The lowest BCUT2D eigenvalue weighted by Gasteiger charge is -2.11. The lowest BCUT2D eigenvalue weighted by atomic mass is 10.1. The summed E-state index contributed by atoms with van der Waals surface area (Å²) in [4.78, 5) is 25.5. The molecule has 132 valence electrons. The third-order valence-corrected chi connectivity index (χ3v) is 5.14. The van der Waals surface area contributed by atoms with Crippen LogP contribution in [0.1, 0.15) is 24.5 Å². The SMILES string of the molecule is CCc1ccc(CCC(=O)NCC2CN(c3cccs3)C(=O)O2)cc1. The third-order valence-electron chi connectivity index (χ3n) is 4.25. The van der Waals surface area contributed by atoms with E-state index in [9.17, 15) is 9.59 Å². The Hall–Kier alpha value is -2.34. The molecule has 1 fully saturated rings. The van der Waals surface area contributed by atoms with Crippen molar-refractivity contribution in [3.8, 4) is 0 Å². The largest absolute Gasteiger partial charge is 0.442 e. The first-order valence-electron chi connectivity index (χ1n) is 8.52. The predicted molar refractivity (Wildman–Crippen MR) is 99.1 cm³/mol. The predicted octanol–water partition coefficient (Wildman–Crippen LogP) is 3.38. The van der Waals surface area contributed by atoms with Gasteiger partial charge in [0.15, 0.2) is 0 Å². The maximum absolute atomic E-state index is 12.0. The molecule has 1 saturated heterocycles. The lowest BCUT2D eigenvalue weighted by Crippen LogP contribution is -2.34. The molecule has 0 saturated carbocycles. The number of thiophene rings is 1. The second-order valence-corrected chi connectivity index (χ2v) is 6.97. The van der Waals surface area contributed by atoms with Crippen molar-refractivity contribution in [2.75, 3.05) is 18.0 Å². The number of benzene rings is 1. The van der Waals surface area contributed by atoms with Gasteiger partial charge in [-0.3, -0.25) is 9.69 Å². The summed E-state index contributed by atoms with van der Waals surface area (Å²) in [5, 5.41) is 5.66. The molecule has 25 heavy (non-hydrogen) atoms. The Morgan fingerprint density at radius 1 is 1.28 bits per heavy atom. The average Bonchev–Trinajstić information content (AvgIpc) is 3.28. The van der Waals surface area contributed by atoms with Crippen LogP contribution >= 0.6 is 11.3 Å². The van der Waals surface area contributed by atoms with E-state index in [2.05, 4.69) is 36.5 Å². The number of hydrogen-bond donors (Lipinski definition) is 1. The van der Waals surface area contributed by atoms with Gasteiger partial charge in [0.05, 0.1) is 13.1 Å². The second kappa shape index (κ2) is 8.16. The van der Waals surface area contributed by atoms with Gasteiger partial charge in [-0.1, -0.05) is 31.2 Å². The van der Waals surface area contributed by atoms with Gasteiger partial charge in [0.2, 0.25) is 5.91 Å². The molecule has 1 unspecified atom stereocenters. The molecule has 1 aliphatic heterocycles. The Bertz CT molecular complexity index is 713. The Labute approximate surface area is 151 Å². The standard InChI is InChI=1S/C19H22N2O3S/c1-2-14-5-7-15(8-6-14)9-10-17(22)20-12-16-13-21(19(23)24-16)18-4-3-11-25-18/h3-8,11,16H,2,9-10,12-13H2,1H3,(H,20,22). The van der Waals surface area contributed by atoms with Gasteiger partial charge in [-0.15, -0.1) is 11.3 Å². The molecule has 0 bridgehead atoms. The highest BCUT2D eigenvalue weighted by Gasteiger charge is 2.32. The van der Waals surface area contributed by atoms with E-state index in [1.165, 1.54) is 16.9 Å². The summed E-state index contributed by atoms with van der Waals surface area (Å²) in [5.41, 5.74) is 2.45. The van der Waals surface area contributed by atoms with Crippen LogP contribution in [0.3, 0.4) is 0 Å². The number of anilines is 1. The highest BCUT2D eigenvalue weighted by Crippen LogP contribution is 2.26. The van der Waals surface area contributed by atoms with E-state index < -0.39 is 0 Å². The number of aryl methyl sites for hydroxylation is 2. The highest BCUT2D eigenvalue weighted by molar-refractivity contribution is 7.14. The van der Waals surface area contributed by atoms with Gasteiger partial charge in [0.25, 0.3) is 0 Å². The van der Waals surface area contributed by atoms with E-state index in [0.29, 0.717) is 25.9 Å². The average molecular weight is 358 g/mol. The number of hydrogen-bond acceptors (Lipinski definition) is 4. The van der Waals surface area contributed by atoms with Crippen LogP contribution in [0.4, 0.5) is 9.80 Å². The van der Waals surface area contributed by atoms with E-state index in [1.807, 2.05) is 17.5 Å². The quantitative estimate of drug-likeness (QED) is 0.825. The van der Waals surface area contributed by atoms with Crippen LogP contribution in [-0.2, 0) is 22.4 Å². The van der Waals surface area contributed by atoms with Gasteiger partial charge in [0.1, 0.15) is 11.1 Å². The minimum absolute atomic E-state index is 0.0230. The van der Waals surface area contributed by atoms with Gasteiger partial charge in [-0.2, -0.15) is 0 Å². The van der Waals surface area contributed by atoms with Gasteiger partial charge < -0.3 is 10.1 Å². The molecular weight excluding hydrogens is 336 g/mol. The molecule has 1 atom stereocenters. The van der Waals surface area contributed by atoms with Gasteiger partial charge in [0, 0.05) is 6.42 Å². The summed E-state index contributed by atoms with van der Waals surface area (Å²) in [6, 6.07) is 12.1. The number of carbonyl (C=O) groups is 2. The smallest absolute Gasteiger partial charge is 0.415 e. The summed E-state index contributed by atoms with van der Waals surface area (Å²) in [6.45, 7) is 2.94. The Morgan fingerprint density at radius 3 is 2.72 bits per heavy atom. The van der Waals surface area contributed by atoms with Crippen molar-refractivity contribution in [3.05, 3.63) is 52.9 Å². The van der Waals surface area contributed by atoms with Crippen LogP contribution < -0.4 is 10.2 Å². The van der Waals surface area contributed by atoms with Crippen LogP contribution in [0.25, 0.3) is 0 Å². The first-order chi connectivity index (χ1) is 12.2. The maximum Gasteiger partial charge on any atom is 0.415 e. The van der Waals surface area contributed by atoms with E-state index in [-0.39, 0.29) is 18.1 Å². The third kappa shape index (κ3) is 4.60. The molecule has 1 aliphatic rings. The van der Waals surface area contributed by atoms with Crippen LogP contribution in [0.15, 0.2) is 41.8 Å². The highest BCUT2D eigenvalue weighted by atomic mass is 32.1. The number of ether oxygens (including phenoxy) is 1. The van der Waals surface area contributed by atoms with E-state index >= 15 is 0 Å². The van der Waals surface area contributed by atoms with Gasteiger partial charge in [-0.05, 0) is 41.5 Å². The van der Waals surface area contributed by atoms with Crippen LogP contribution in [0, 0.1) is 0 Å². The number of nitrogens with zero attached hydrogens (tertiary/aromatic N) is 1. The van der Waals surface area contributed by atoms with E-state index in [4.69, 9.17) is 4.74 Å². The van der Waals surface area contributed by atoms with Crippen molar-refractivity contribution in [2.24, 2.45) is 0 Å². The Kier molecular flexibility index (Phi) is 5.71. The minimum Gasteiger partial charge on any atom is -0.442 e. The first kappa shape index (κ1) is 17.5. The van der Waals surface area contributed by atoms with Crippen molar-refractivity contribution >= 4 is 28.3 Å². The molecule has 1 aromatic heterocycles. The zero-order chi connectivity index (χ0) is 17.6. The van der Waals surface area contributed by atoms with E-state index in [1.54, 1.807) is 4.90 Å². The van der Waals surface area contributed by atoms with Crippen molar-refractivity contribution in [3.63, 3.8) is 0 Å². The molecule has 0 aliphatic carbocycles. The minimum atomic E-state index is -0.349. The summed E-state index contributed by atoms with van der Waals surface area (Å²) < 4.78 is 5.32. The molecule has 0 radical (unpaired) electrons. The van der Waals surface area contributed by atoms with Gasteiger partial charge >= 0.3 is 6.09 Å². The molecule has 2 heterocycles. The van der Waals surface area contributed by atoms with Crippen molar-refractivity contribution in [2.45, 2.75) is 32.3 Å². The van der Waals surface area contributed by atoms with Crippen molar-refractivity contribution in [1.82, 2.24) is 5.32 Å². The molecule has 1 N–H and O–H groups in total. The molecule has 3 rings (SSSR count). The van der Waals surface area contributed by atoms with Crippen molar-refractivity contribution < 1.29 is 14.3 Å². The number of carbonyl (C=O) groups excluding carboxylic acids is 2. The molecule has 0 spiro atoms. The molecule has 2 aromatic rings. The second-order valence-electron chi connectivity index (χ2n) is 6.04. The molecular formula is C19H22N2O3S. The molecule has 1 aromatic carbocycles. The first-order valence-corrected chi connectivity index (χ1v) is 9.40. The fourth-order valence-corrected chi connectivity index (χ4v) is 3.48. The monoisotopic (exact) mass is 358 g/mol. The Morgan fingerprint density at radius 2 is 2.04 bits per heavy atom. The summed E-state index contributed by atoms with van der Waals surface area (Å²) >= 11 is 1.50. The number of cyclic esters (lactones) is 1. The summed E-state index contributed by atoms with van der Waals surface area (Å²) in [7, 11) is 0.